The molecular formula is C16H21N3O. The van der Waals surface area contributed by atoms with Crippen molar-refractivity contribution >= 4 is 5.82 Å². The number of hydrogen-bond donors (Lipinski definition) is 1. The SMILES string of the molecule is Cc1cc(C)c2c(c1)OCCCC2n1nc(C)cc1N. The molecule has 0 aliphatic carbocycles. The van der Waals surface area contributed by atoms with Crippen molar-refractivity contribution in [3.63, 3.8) is 0 Å². The Morgan fingerprint density at radius 1 is 1.25 bits per heavy atom. The van der Waals surface area contributed by atoms with Gasteiger partial charge in [-0.1, -0.05) is 6.07 Å². The van der Waals surface area contributed by atoms with E-state index < -0.39 is 0 Å². The van der Waals surface area contributed by atoms with E-state index in [-0.39, 0.29) is 6.04 Å². The fourth-order valence-electron chi connectivity index (χ4n) is 3.12. The van der Waals surface area contributed by atoms with Crippen LogP contribution in [0.1, 0.15) is 41.3 Å². The molecule has 1 unspecified atom stereocenters. The third-order valence-electron chi connectivity index (χ3n) is 3.89. The minimum Gasteiger partial charge on any atom is -0.493 e. The molecule has 4 heteroatoms. The number of rotatable bonds is 1. The predicted molar refractivity (Wildman–Crippen MR) is 80.2 cm³/mol. The largest absolute Gasteiger partial charge is 0.493 e. The van der Waals surface area contributed by atoms with Gasteiger partial charge in [0, 0.05) is 11.6 Å². The van der Waals surface area contributed by atoms with Crippen LogP contribution >= 0.6 is 0 Å². The van der Waals surface area contributed by atoms with Crippen molar-refractivity contribution in [2.75, 3.05) is 12.3 Å². The lowest BCUT2D eigenvalue weighted by molar-refractivity contribution is 0.315. The molecule has 106 valence electrons. The van der Waals surface area contributed by atoms with E-state index in [1.54, 1.807) is 0 Å². The van der Waals surface area contributed by atoms with Crippen LogP contribution in [0.4, 0.5) is 5.82 Å². The number of nitrogens with two attached hydrogens (primary N) is 1. The van der Waals surface area contributed by atoms with Gasteiger partial charge in [-0.3, -0.25) is 0 Å². The van der Waals surface area contributed by atoms with Crippen molar-refractivity contribution in [2.45, 2.75) is 39.7 Å². The Bertz CT molecular complexity index is 645. The Kier molecular flexibility index (Phi) is 3.16. The van der Waals surface area contributed by atoms with Gasteiger partial charge >= 0.3 is 0 Å². The topological polar surface area (TPSA) is 53.1 Å². The first-order valence-corrected chi connectivity index (χ1v) is 7.12. The summed E-state index contributed by atoms with van der Waals surface area (Å²) in [6.45, 7) is 6.97. The Balaban J connectivity index is 2.16. The van der Waals surface area contributed by atoms with E-state index in [1.807, 2.05) is 17.7 Å². The quantitative estimate of drug-likeness (QED) is 0.866. The van der Waals surface area contributed by atoms with Crippen molar-refractivity contribution in [2.24, 2.45) is 0 Å². The molecule has 2 heterocycles. The normalized spacial score (nSPS) is 18.2. The van der Waals surface area contributed by atoms with Crippen LogP contribution in [0.2, 0.25) is 0 Å². The van der Waals surface area contributed by atoms with Crippen LogP contribution in [-0.2, 0) is 0 Å². The molecule has 4 nitrogen and oxygen atoms in total. The van der Waals surface area contributed by atoms with Crippen molar-refractivity contribution in [3.8, 4) is 5.75 Å². The number of ether oxygens (including phenoxy) is 1. The maximum atomic E-state index is 6.12. The van der Waals surface area contributed by atoms with Gasteiger partial charge < -0.3 is 10.5 Å². The first-order chi connectivity index (χ1) is 9.56. The zero-order valence-electron chi connectivity index (χ0n) is 12.3. The summed E-state index contributed by atoms with van der Waals surface area (Å²) in [4.78, 5) is 0. The van der Waals surface area contributed by atoms with Crippen molar-refractivity contribution < 1.29 is 4.74 Å². The number of aromatic nitrogens is 2. The predicted octanol–water partition coefficient (Wildman–Crippen LogP) is 3.15. The average molecular weight is 271 g/mol. The molecule has 2 aromatic rings. The van der Waals surface area contributed by atoms with Crippen LogP contribution in [0.5, 0.6) is 5.75 Å². The first kappa shape index (κ1) is 13.0. The van der Waals surface area contributed by atoms with Gasteiger partial charge in [-0.15, -0.1) is 0 Å². The van der Waals surface area contributed by atoms with E-state index in [0.29, 0.717) is 0 Å². The van der Waals surface area contributed by atoms with Gasteiger partial charge in [-0.25, -0.2) is 4.68 Å². The van der Waals surface area contributed by atoms with E-state index in [9.17, 15) is 0 Å². The number of hydrogen-bond acceptors (Lipinski definition) is 3. The highest BCUT2D eigenvalue weighted by Gasteiger charge is 2.25. The zero-order valence-corrected chi connectivity index (χ0v) is 12.3. The van der Waals surface area contributed by atoms with Crippen molar-refractivity contribution in [3.05, 3.63) is 40.6 Å². The number of fused-ring (bicyclic) bond motifs is 1. The minimum absolute atomic E-state index is 0.168. The fourth-order valence-corrected chi connectivity index (χ4v) is 3.12. The molecule has 0 spiro atoms. The van der Waals surface area contributed by atoms with Crippen LogP contribution in [0.15, 0.2) is 18.2 Å². The second kappa shape index (κ2) is 4.85. The second-order valence-electron chi connectivity index (χ2n) is 5.66. The maximum absolute atomic E-state index is 6.12. The summed E-state index contributed by atoms with van der Waals surface area (Å²) < 4.78 is 7.88. The summed E-state index contributed by atoms with van der Waals surface area (Å²) in [5, 5.41) is 4.57. The monoisotopic (exact) mass is 271 g/mol. The third-order valence-corrected chi connectivity index (χ3v) is 3.89. The lowest BCUT2D eigenvalue weighted by atomic mass is 9.95. The zero-order chi connectivity index (χ0) is 14.3. The molecule has 1 aliphatic heterocycles. The molecule has 1 aromatic heterocycles. The highest BCUT2D eigenvalue weighted by Crippen LogP contribution is 2.38. The highest BCUT2D eigenvalue weighted by molar-refractivity contribution is 5.47. The van der Waals surface area contributed by atoms with E-state index in [4.69, 9.17) is 10.5 Å². The highest BCUT2D eigenvalue weighted by atomic mass is 16.5. The molecule has 3 rings (SSSR count). The van der Waals surface area contributed by atoms with Crippen LogP contribution in [0, 0.1) is 20.8 Å². The fraction of sp³-hybridized carbons (Fsp3) is 0.438. The van der Waals surface area contributed by atoms with E-state index in [1.165, 1.54) is 16.7 Å². The number of benzene rings is 1. The lowest BCUT2D eigenvalue weighted by Crippen LogP contribution is -2.15. The van der Waals surface area contributed by atoms with Gasteiger partial charge in [-0.2, -0.15) is 5.10 Å². The van der Waals surface area contributed by atoms with Gasteiger partial charge in [-0.05, 0) is 50.8 Å². The molecule has 0 radical (unpaired) electrons. The van der Waals surface area contributed by atoms with Crippen molar-refractivity contribution in [1.82, 2.24) is 9.78 Å². The number of aryl methyl sites for hydroxylation is 3. The second-order valence-corrected chi connectivity index (χ2v) is 5.66. The molecule has 1 aliphatic rings. The molecule has 0 bridgehead atoms. The standard InChI is InChI=1S/C16H21N3O/c1-10-7-11(2)16-13(5-4-6-20-14(16)8-10)19-15(17)9-12(3)18-19/h7-9,13H,4-6,17H2,1-3H3. The summed E-state index contributed by atoms with van der Waals surface area (Å²) >= 11 is 0. The maximum Gasteiger partial charge on any atom is 0.125 e. The summed E-state index contributed by atoms with van der Waals surface area (Å²) in [6.07, 6.45) is 2.01. The molecular weight excluding hydrogens is 250 g/mol. The summed E-state index contributed by atoms with van der Waals surface area (Å²) in [7, 11) is 0. The molecule has 0 saturated heterocycles. The molecule has 2 N–H and O–H groups in total. The molecule has 0 fully saturated rings. The van der Waals surface area contributed by atoms with Crippen LogP contribution in [0.3, 0.4) is 0 Å². The van der Waals surface area contributed by atoms with Crippen LogP contribution < -0.4 is 10.5 Å². The van der Waals surface area contributed by atoms with Crippen molar-refractivity contribution in [1.29, 1.82) is 0 Å². The molecule has 1 aromatic carbocycles. The Morgan fingerprint density at radius 3 is 2.75 bits per heavy atom. The Hall–Kier alpha value is -1.97. The van der Waals surface area contributed by atoms with Gasteiger partial charge in [0.2, 0.25) is 0 Å². The van der Waals surface area contributed by atoms with Crippen LogP contribution in [0.25, 0.3) is 0 Å². The summed E-state index contributed by atoms with van der Waals surface area (Å²) in [5.41, 5.74) is 10.8. The lowest BCUT2D eigenvalue weighted by Gasteiger charge is -2.21. The first-order valence-electron chi connectivity index (χ1n) is 7.12. The molecule has 0 amide bonds. The number of nitrogens with zero attached hydrogens (tertiary/aromatic N) is 2. The van der Waals surface area contributed by atoms with E-state index in [0.717, 1.165) is 36.7 Å². The number of nitrogen functional groups attached to an aromatic ring is 1. The summed E-state index contributed by atoms with van der Waals surface area (Å²) in [6, 6.07) is 6.41. The summed E-state index contributed by atoms with van der Waals surface area (Å²) in [5.74, 6) is 1.71. The smallest absolute Gasteiger partial charge is 0.125 e. The molecule has 1 atom stereocenters. The van der Waals surface area contributed by atoms with Gasteiger partial charge in [0.1, 0.15) is 11.6 Å². The van der Waals surface area contributed by atoms with Crippen LogP contribution in [-0.4, -0.2) is 16.4 Å². The van der Waals surface area contributed by atoms with E-state index in [2.05, 4.69) is 31.1 Å². The molecule has 0 saturated carbocycles. The average Bonchev–Trinajstić information content (AvgIpc) is 2.59. The van der Waals surface area contributed by atoms with Gasteiger partial charge in [0.05, 0.1) is 18.3 Å². The van der Waals surface area contributed by atoms with Gasteiger partial charge in [0.15, 0.2) is 0 Å². The Morgan fingerprint density at radius 2 is 2.05 bits per heavy atom. The number of anilines is 1. The van der Waals surface area contributed by atoms with Gasteiger partial charge in [0.25, 0.3) is 0 Å². The minimum atomic E-state index is 0.168. The Labute approximate surface area is 119 Å². The van der Waals surface area contributed by atoms with E-state index >= 15 is 0 Å². The molecule has 20 heavy (non-hydrogen) atoms. The third kappa shape index (κ3) is 2.15.